The molecule has 0 fully saturated rings. The number of rotatable bonds is 7. The second kappa shape index (κ2) is 47.0. The molecule has 2 aliphatic heterocycles. The van der Waals surface area contributed by atoms with Crippen LogP contribution in [0, 0.1) is 52.0 Å². The molecule has 3 aliphatic rings. The molecule has 7 aromatic heterocycles. The fourth-order valence-corrected chi connectivity index (χ4v) is 18.2. The molecule has 0 spiro atoms. The van der Waals surface area contributed by atoms with Crippen LogP contribution in [0.25, 0.3) is 155 Å². The number of imidazole rings is 2. The molecule has 3 radical (unpaired) electrons. The van der Waals surface area contributed by atoms with Crippen LogP contribution in [0.2, 0.25) is 0 Å². The Kier molecular flexibility index (Phi) is 35.7. The number of aliphatic hydroxyl groups is 2. The van der Waals surface area contributed by atoms with Crippen molar-refractivity contribution in [1.29, 1.82) is 0 Å². The number of pyridine rings is 5. The van der Waals surface area contributed by atoms with Gasteiger partial charge in [-0.25, -0.2) is 9.13 Å². The first-order chi connectivity index (χ1) is 65.3. The Morgan fingerprint density at radius 3 is 1.69 bits per heavy atom. The fourth-order valence-electron chi connectivity index (χ4n) is 18.2. The number of carbonyl (C=O) groups is 2. The molecule has 715 valence electrons. The number of aliphatic hydroxyl groups excluding tert-OH is 2. The average molecular weight is 2400 g/mol. The van der Waals surface area contributed by atoms with Crippen molar-refractivity contribution in [1.82, 2.24) is 28.9 Å². The van der Waals surface area contributed by atoms with Crippen LogP contribution in [-0.4, -0.2) is 50.7 Å². The number of alkyl halides is 3. The third-order valence-corrected chi connectivity index (χ3v) is 24.2. The van der Waals surface area contributed by atoms with Crippen molar-refractivity contribution in [2.45, 2.75) is 116 Å². The SMILES string of the molecule is C.C.C.CC(=O)C=C(C)O.CC(=O)C=C(C)O.CC1(C)c2ccc[c-]c2-c2nccc3cccc1c23.Cc1ccc(-c2[c-]cccc2)nc1.Cc1ccc2c(c1)c1cccc3c1c1n2c(-c2c(C)cccc2C)c[n+]1C3.FC(F)(F)c1c[c-]c(-c2ccc3ccccc3n2)cc1.[Ir].[Ir].[Ir].[c-]1ccccc1-c1nccc2ccccc12.c1ccc2c(c1)C[n+]1c-2n(-c2cccc3ccccc23)c2ccccc21. The molecule has 0 bridgehead atoms. The van der Waals surface area contributed by atoms with E-state index in [1.54, 1.807) is 6.07 Å². The molecule has 9 heterocycles. The largest absolute Gasteiger partial charge is 0.512 e. The standard InChI is InChI=1S/C25H21N2.C24H17N2.C18H14N.C16H9F3N.C15H10N.C12H10N.2C5H8O2.3CH4.3Ir/c1-15-10-11-21-20(12-15)19-9-5-8-18-13-26-14-22(27(21)25(26)24(18)19)23-16(2)6-4-7-17(23)3;1-3-11-19-17(8-1)10-7-15-21(19)26-23-14-6-5-13-22(23)25-16-18-9-2-4-12-20(18)24(25)26;1-18(2)14-8-4-3-7-13(14)17-16-12(10-11-19-17)6-5-9-15(16)18;17-16(18,19)13-8-5-12(6-9-13)15-10-7-11-3-1-2-4-14(11)20-15;1-2-7-13(8-3-1)15-14-9-5-4-6-12(14)10-11-16-15;1-10-7-8-12(13-9-10)11-5-3-2-4-6-11;2*1-4(6)3-5(2)7;;;;;;/h4-12,14H,13H2,1-3H3;1-15H,16H2;3-6,8-11H,1-2H3;1-5,7-10H;1-7,9-11H;2-5,7-9H,1H3;2*3,6H,1-2H3;3*1H4;;;/q2*+1;4*-1;;;;;;;;. The molecular weight excluding hydrogens is 2290 g/mol. The molecule has 18 heteroatoms. The van der Waals surface area contributed by atoms with Gasteiger partial charge in [-0.1, -0.05) is 236 Å². The summed E-state index contributed by atoms with van der Waals surface area (Å²) in [6.45, 7) is 20.8. The monoisotopic (exact) mass is 2400 g/mol. The number of nitrogens with zero attached hydrogens (tertiary/aromatic N) is 8. The van der Waals surface area contributed by atoms with Crippen molar-refractivity contribution < 1.29 is 102 Å². The molecule has 0 atom stereocenters. The fraction of sp³-hybridized carbons (Fsp3) is 0.138. The number of hydrogen-bond acceptors (Lipinski definition) is 8. The number of fused-ring (bicyclic) bond motifs is 13. The zero-order valence-corrected chi connectivity index (χ0v) is 84.7. The van der Waals surface area contributed by atoms with Gasteiger partial charge in [-0.15, -0.1) is 137 Å². The number of carbonyl (C=O) groups excluding carboxylic acids is 2. The molecule has 141 heavy (non-hydrogen) atoms. The molecular formula is C123H109F3Ir3N8O4-2. The first kappa shape index (κ1) is 107. The second-order valence-corrected chi connectivity index (χ2v) is 34.3. The molecule has 0 unspecified atom stereocenters. The van der Waals surface area contributed by atoms with E-state index < -0.39 is 11.7 Å². The van der Waals surface area contributed by atoms with Gasteiger partial charge in [-0.05, 0) is 198 Å². The van der Waals surface area contributed by atoms with Crippen LogP contribution in [0.5, 0.6) is 0 Å². The third kappa shape index (κ3) is 23.2. The minimum atomic E-state index is -4.34. The molecule has 0 saturated carbocycles. The number of allylic oxidation sites excluding steroid dienone is 4. The zero-order chi connectivity index (χ0) is 94.2. The Morgan fingerprint density at radius 1 is 0.461 bits per heavy atom. The van der Waals surface area contributed by atoms with Gasteiger partial charge in [0.15, 0.2) is 28.3 Å². The number of benzene rings is 14. The van der Waals surface area contributed by atoms with Gasteiger partial charge in [0.2, 0.25) is 0 Å². The molecule has 1 aliphatic carbocycles. The predicted molar refractivity (Wildman–Crippen MR) is 560 cm³/mol. The number of para-hydroxylation sites is 3. The summed E-state index contributed by atoms with van der Waals surface area (Å²) in [5.41, 5.74) is 28.6. The molecule has 0 amide bonds. The average Bonchev–Trinajstić information content (AvgIpc) is 1.58. The van der Waals surface area contributed by atoms with Gasteiger partial charge in [0, 0.05) is 124 Å². The third-order valence-electron chi connectivity index (χ3n) is 24.2. The maximum atomic E-state index is 12.5. The number of aryl methyl sites for hydroxylation is 4. The van der Waals surface area contributed by atoms with Crippen LogP contribution in [0.4, 0.5) is 13.2 Å². The minimum Gasteiger partial charge on any atom is -0.512 e. The predicted octanol–water partition coefficient (Wildman–Crippen LogP) is 30.2. The van der Waals surface area contributed by atoms with E-state index in [0.717, 1.165) is 69.9 Å². The molecule has 2 N–H and O–H groups in total. The van der Waals surface area contributed by atoms with Crippen molar-refractivity contribution in [3.05, 3.63) is 456 Å². The maximum absolute atomic E-state index is 12.5. The van der Waals surface area contributed by atoms with Gasteiger partial charge in [0.25, 0.3) is 11.5 Å². The van der Waals surface area contributed by atoms with Crippen LogP contribution in [0.1, 0.15) is 114 Å². The van der Waals surface area contributed by atoms with Gasteiger partial charge in [-0.3, -0.25) is 14.6 Å². The van der Waals surface area contributed by atoms with Crippen molar-refractivity contribution in [2.75, 3.05) is 0 Å². The number of hydrogen-bond donors (Lipinski definition) is 2. The van der Waals surface area contributed by atoms with Crippen LogP contribution in [-0.2, 0) is 94.6 Å². The van der Waals surface area contributed by atoms with Crippen molar-refractivity contribution in [3.63, 3.8) is 0 Å². The van der Waals surface area contributed by atoms with Crippen LogP contribution in [0.15, 0.2) is 382 Å². The van der Waals surface area contributed by atoms with Crippen LogP contribution < -0.4 is 9.13 Å². The van der Waals surface area contributed by atoms with Gasteiger partial charge >= 0.3 is 6.18 Å². The summed E-state index contributed by atoms with van der Waals surface area (Å²) in [7, 11) is 0. The molecule has 12 nitrogen and oxygen atoms in total. The molecule has 14 aromatic carbocycles. The summed E-state index contributed by atoms with van der Waals surface area (Å²) < 4.78 is 47.3. The normalized spacial score (nSPS) is 11.7. The Labute approximate surface area is 863 Å². The van der Waals surface area contributed by atoms with E-state index in [0.29, 0.717) is 11.3 Å². The smallest absolute Gasteiger partial charge is 0.381 e. The van der Waals surface area contributed by atoms with E-state index in [1.807, 2.05) is 135 Å². The van der Waals surface area contributed by atoms with E-state index in [9.17, 15) is 22.8 Å². The number of halogens is 3. The van der Waals surface area contributed by atoms with Gasteiger partial charge in [-0.2, -0.15) is 22.1 Å². The topological polar surface area (TPSA) is 143 Å². The Hall–Kier alpha value is -14.4. The Balaban J connectivity index is 0.000000158. The summed E-state index contributed by atoms with van der Waals surface area (Å²) in [6, 6.07) is 125. The zero-order valence-electron chi connectivity index (χ0n) is 77.6. The molecule has 0 saturated heterocycles. The van der Waals surface area contributed by atoms with Crippen molar-refractivity contribution >= 4 is 93.1 Å². The number of ketones is 2. The second-order valence-electron chi connectivity index (χ2n) is 34.3. The van der Waals surface area contributed by atoms with Crippen molar-refractivity contribution in [2.24, 2.45) is 0 Å². The van der Waals surface area contributed by atoms with E-state index in [1.165, 1.54) is 189 Å². The van der Waals surface area contributed by atoms with Gasteiger partial charge in [0.05, 0.1) is 28.0 Å². The summed E-state index contributed by atoms with van der Waals surface area (Å²) in [5.74, 6) is 1.15. The van der Waals surface area contributed by atoms with E-state index >= 15 is 0 Å². The molecule has 24 rings (SSSR count). The first-order valence-electron chi connectivity index (χ1n) is 44.7. The van der Waals surface area contributed by atoms with E-state index in [4.69, 9.17) is 10.2 Å². The summed E-state index contributed by atoms with van der Waals surface area (Å²) >= 11 is 0. The molecule has 21 aromatic rings. The van der Waals surface area contributed by atoms with Crippen molar-refractivity contribution in [3.8, 4) is 73.4 Å². The van der Waals surface area contributed by atoms with E-state index in [2.05, 4.69) is 303 Å². The summed E-state index contributed by atoms with van der Waals surface area (Å²) in [6.07, 6.45) is 5.95. The van der Waals surface area contributed by atoms with E-state index in [-0.39, 0.29) is 111 Å². The number of aromatic nitrogens is 8. The van der Waals surface area contributed by atoms with Gasteiger partial charge in [0.1, 0.15) is 30.5 Å². The first-order valence-corrected chi connectivity index (χ1v) is 44.7. The maximum Gasteiger partial charge on any atom is 0.381 e. The Bertz CT molecular complexity index is 8050. The van der Waals surface area contributed by atoms with Crippen LogP contribution >= 0.6 is 0 Å². The summed E-state index contributed by atoms with van der Waals surface area (Å²) in [4.78, 5) is 37.8. The minimum absolute atomic E-state index is 0. The van der Waals surface area contributed by atoms with Crippen LogP contribution in [0.3, 0.4) is 0 Å². The quantitative estimate of drug-likeness (QED) is 0.0528. The Morgan fingerprint density at radius 2 is 1.02 bits per heavy atom. The van der Waals surface area contributed by atoms with Gasteiger partial charge < -0.3 is 25.2 Å². The summed E-state index contributed by atoms with van der Waals surface area (Å²) in [5, 5.41) is 29.3.